The molecule has 0 aromatic carbocycles. The normalized spacial score (nSPS) is 16.7. The minimum atomic E-state index is 0.397. The van der Waals surface area contributed by atoms with E-state index < -0.39 is 0 Å². The third-order valence-corrected chi connectivity index (χ3v) is 2.79. The molecule has 1 saturated heterocycles. The van der Waals surface area contributed by atoms with Gasteiger partial charge in [0.25, 0.3) is 0 Å². The zero-order valence-corrected chi connectivity index (χ0v) is 12.1. The maximum atomic E-state index is 5.59. The molecule has 6 nitrogen and oxygen atoms in total. The Morgan fingerprint density at radius 3 is 1.74 bits per heavy atom. The average Bonchev–Trinajstić information content (AvgIpc) is 2.37. The van der Waals surface area contributed by atoms with Crippen LogP contribution in [0.5, 0.6) is 0 Å². The van der Waals surface area contributed by atoms with Crippen LogP contribution in [0.1, 0.15) is 0 Å². The van der Waals surface area contributed by atoms with Crippen molar-refractivity contribution in [3.63, 3.8) is 0 Å². The van der Waals surface area contributed by atoms with E-state index in [1.165, 1.54) is 0 Å². The number of hydrogen-bond donors (Lipinski definition) is 0. The van der Waals surface area contributed by atoms with Gasteiger partial charge in [-0.25, -0.2) is 0 Å². The molecule has 0 aliphatic carbocycles. The molecule has 6 heteroatoms. The summed E-state index contributed by atoms with van der Waals surface area (Å²) in [6.07, 6.45) is 0.397. The van der Waals surface area contributed by atoms with Gasteiger partial charge < -0.3 is 28.6 Å². The van der Waals surface area contributed by atoms with Gasteiger partial charge in [0.05, 0.1) is 59.0 Å². The summed E-state index contributed by atoms with van der Waals surface area (Å²) in [7, 11) is 3.75. The number of likely N-dealkylation sites (N-methyl/N-ethyl adjacent to an activating group) is 1. The monoisotopic (exact) mass is 277 g/mol. The third kappa shape index (κ3) is 9.32. The van der Waals surface area contributed by atoms with Gasteiger partial charge >= 0.3 is 0 Å². The van der Waals surface area contributed by atoms with Crippen LogP contribution in [0, 0.1) is 0 Å². The number of likely N-dealkylation sites (tertiary alicyclic amines) is 1. The molecule has 1 heterocycles. The molecule has 0 aromatic rings. The molecule has 0 N–H and O–H groups in total. The molecule has 1 fully saturated rings. The second-order valence-electron chi connectivity index (χ2n) is 4.54. The van der Waals surface area contributed by atoms with Gasteiger partial charge in [-0.15, -0.1) is 0 Å². The summed E-state index contributed by atoms with van der Waals surface area (Å²) in [5, 5.41) is 0. The minimum absolute atomic E-state index is 0.397. The van der Waals surface area contributed by atoms with Gasteiger partial charge in [-0.3, -0.25) is 0 Å². The minimum Gasteiger partial charge on any atom is -0.382 e. The Morgan fingerprint density at radius 1 is 0.789 bits per heavy atom. The summed E-state index contributed by atoms with van der Waals surface area (Å²) in [5.41, 5.74) is 0. The smallest absolute Gasteiger partial charge is 0.0829 e. The summed E-state index contributed by atoms with van der Waals surface area (Å²) >= 11 is 0. The van der Waals surface area contributed by atoms with Crippen molar-refractivity contribution in [2.24, 2.45) is 0 Å². The fourth-order valence-corrected chi connectivity index (χ4v) is 1.71. The topological polar surface area (TPSA) is 49.4 Å². The first kappa shape index (κ1) is 16.8. The quantitative estimate of drug-likeness (QED) is 0.442. The molecule has 1 aliphatic heterocycles. The van der Waals surface area contributed by atoms with Crippen LogP contribution in [-0.2, 0) is 23.7 Å². The highest BCUT2D eigenvalue weighted by molar-refractivity contribution is 4.76. The van der Waals surface area contributed by atoms with E-state index in [2.05, 4.69) is 11.9 Å². The van der Waals surface area contributed by atoms with Crippen LogP contribution in [0.15, 0.2) is 0 Å². The molecular weight excluding hydrogens is 250 g/mol. The maximum absolute atomic E-state index is 5.59. The van der Waals surface area contributed by atoms with Crippen molar-refractivity contribution in [3.8, 4) is 0 Å². The van der Waals surface area contributed by atoms with Gasteiger partial charge in [-0.1, -0.05) is 0 Å². The lowest BCUT2D eigenvalue weighted by atomic mass is 10.2. The molecule has 19 heavy (non-hydrogen) atoms. The molecule has 0 atom stereocenters. The molecule has 114 valence electrons. The summed E-state index contributed by atoms with van der Waals surface area (Å²) in [4.78, 5) is 2.23. The van der Waals surface area contributed by atoms with Crippen molar-refractivity contribution in [1.29, 1.82) is 0 Å². The van der Waals surface area contributed by atoms with E-state index in [1.807, 2.05) is 0 Å². The summed E-state index contributed by atoms with van der Waals surface area (Å²) < 4.78 is 26.5. The predicted molar refractivity (Wildman–Crippen MR) is 71.6 cm³/mol. The highest BCUT2D eigenvalue weighted by Crippen LogP contribution is 2.07. The van der Waals surface area contributed by atoms with Crippen LogP contribution in [0.4, 0.5) is 0 Å². The highest BCUT2D eigenvalue weighted by atomic mass is 16.6. The lowest BCUT2D eigenvalue weighted by Crippen LogP contribution is -2.49. The van der Waals surface area contributed by atoms with Crippen molar-refractivity contribution >= 4 is 0 Å². The van der Waals surface area contributed by atoms with E-state index >= 15 is 0 Å². The van der Waals surface area contributed by atoms with Gasteiger partial charge in [0, 0.05) is 20.2 Å². The van der Waals surface area contributed by atoms with Crippen LogP contribution in [0.2, 0.25) is 0 Å². The number of methoxy groups -OCH3 is 1. The Labute approximate surface area is 115 Å². The zero-order chi connectivity index (χ0) is 13.8. The van der Waals surface area contributed by atoms with Crippen LogP contribution < -0.4 is 0 Å². The molecule has 0 radical (unpaired) electrons. The number of hydrogen-bond acceptors (Lipinski definition) is 6. The van der Waals surface area contributed by atoms with Crippen LogP contribution in [0.3, 0.4) is 0 Å². The molecule has 1 aliphatic rings. The zero-order valence-electron chi connectivity index (χ0n) is 12.1. The van der Waals surface area contributed by atoms with Gasteiger partial charge in [0.1, 0.15) is 0 Å². The molecular formula is C13H27NO5. The fraction of sp³-hybridized carbons (Fsp3) is 1.00. The molecule has 0 bridgehead atoms. The van der Waals surface area contributed by atoms with E-state index in [1.54, 1.807) is 7.11 Å². The number of nitrogens with zero attached hydrogens (tertiary/aromatic N) is 1. The third-order valence-electron chi connectivity index (χ3n) is 2.79. The van der Waals surface area contributed by atoms with E-state index in [0.717, 1.165) is 13.1 Å². The Kier molecular flexibility index (Phi) is 10.2. The van der Waals surface area contributed by atoms with Gasteiger partial charge in [0.2, 0.25) is 0 Å². The van der Waals surface area contributed by atoms with Crippen molar-refractivity contribution in [2.45, 2.75) is 6.10 Å². The molecule has 0 amide bonds. The molecule has 0 unspecified atom stereocenters. The maximum Gasteiger partial charge on any atom is 0.0829 e. The summed E-state index contributed by atoms with van der Waals surface area (Å²) in [5.74, 6) is 0. The Balaban J connectivity index is 1.65. The standard InChI is InChI=1S/C13H27NO5/c1-14-11-13(12-14)19-10-9-18-8-7-17-6-5-16-4-3-15-2/h13H,3-12H2,1-2H3. The van der Waals surface area contributed by atoms with Gasteiger partial charge in [-0.2, -0.15) is 0 Å². The fourth-order valence-electron chi connectivity index (χ4n) is 1.71. The lowest BCUT2D eigenvalue weighted by molar-refractivity contribution is -0.0668. The summed E-state index contributed by atoms with van der Waals surface area (Å²) in [6.45, 7) is 7.00. The Morgan fingerprint density at radius 2 is 1.26 bits per heavy atom. The molecule has 0 aromatic heterocycles. The average molecular weight is 277 g/mol. The predicted octanol–water partition coefficient (Wildman–Crippen LogP) is 0.0132. The lowest BCUT2D eigenvalue weighted by Gasteiger charge is -2.35. The first-order chi connectivity index (χ1) is 9.33. The van der Waals surface area contributed by atoms with Crippen molar-refractivity contribution in [1.82, 2.24) is 4.90 Å². The van der Waals surface area contributed by atoms with Crippen LogP contribution in [-0.4, -0.2) is 91.1 Å². The first-order valence-electron chi connectivity index (χ1n) is 6.85. The SMILES string of the molecule is COCCOCCOCCOCCOC1CN(C)C1. The summed E-state index contributed by atoms with van der Waals surface area (Å²) in [6, 6.07) is 0. The Bertz CT molecular complexity index is 199. The number of rotatable bonds is 13. The van der Waals surface area contributed by atoms with E-state index in [0.29, 0.717) is 59.0 Å². The number of ether oxygens (including phenoxy) is 5. The van der Waals surface area contributed by atoms with Gasteiger partial charge in [-0.05, 0) is 7.05 Å². The highest BCUT2D eigenvalue weighted by Gasteiger charge is 2.23. The van der Waals surface area contributed by atoms with Crippen molar-refractivity contribution < 1.29 is 23.7 Å². The second-order valence-corrected chi connectivity index (χ2v) is 4.54. The van der Waals surface area contributed by atoms with Crippen molar-refractivity contribution in [3.05, 3.63) is 0 Å². The van der Waals surface area contributed by atoms with E-state index in [4.69, 9.17) is 23.7 Å². The van der Waals surface area contributed by atoms with E-state index in [9.17, 15) is 0 Å². The first-order valence-corrected chi connectivity index (χ1v) is 6.85. The van der Waals surface area contributed by atoms with Crippen LogP contribution >= 0.6 is 0 Å². The molecule has 0 saturated carbocycles. The molecule has 1 rings (SSSR count). The second kappa shape index (κ2) is 11.6. The van der Waals surface area contributed by atoms with E-state index in [-0.39, 0.29) is 0 Å². The Hall–Kier alpha value is -0.240. The van der Waals surface area contributed by atoms with Gasteiger partial charge in [0.15, 0.2) is 0 Å². The van der Waals surface area contributed by atoms with Crippen LogP contribution in [0.25, 0.3) is 0 Å². The van der Waals surface area contributed by atoms with Crippen molar-refractivity contribution in [2.75, 3.05) is 80.1 Å². The molecule has 0 spiro atoms. The largest absolute Gasteiger partial charge is 0.382 e.